The van der Waals surface area contributed by atoms with Crippen molar-refractivity contribution in [2.75, 3.05) is 24.5 Å². The molecule has 0 radical (unpaired) electrons. The van der Waals surface area contributed by atoms with Gasteiger partial charge < -0.3 is 14.3 Å². The van der Waals surface area contributed by atoms with Gasteiger partial charge in [0.1, 0.15) is 6.54 Å². The summed E-state index contributed by atoms with van der Waals surface area (Å²) in [6.45, 7) is 6.41. The second-order valence-corrected chi connectivity index (χ2v) is 6.92. The van der Waals surface area contributed by atoms with Crippen molar-refractivity contribution in [1.82, 2.24) is 15.0 Å². The molecule has 2 heterocycles. The Hall–Kier alpha value is -3.15. The third kappa shape index (κ3) is 3.69. The first-order valence-corrected chi connectivity index (χ1v) is 9.08. The maximum absolute atomic E-state index is 12.6. The van der Waals surface area contributed by atoms with Crippen LogP contribution in [0.15, 0.2) is 53.1 Å². The van der Waals surface area contributed by atoms with Gasteiger partial charge in [-0.3, -0.25) is 4.79 Å². The molecule has 6 nitrogen and oxygen atoms in total. The molecule has 4 rings (SSSR count). The van der Waals surface area contributed by atoms with Crippen LogP contribution < -0.4 is 4.90 Å². The first-order chi connectivity index (χ1) is 13.1. The lowest BCUT2D eigenvalue weighted by atomic mass is 10.1. The molecular weight excluding hydrogens is 340 g/mol. The Balaban J connectivity index is 1.42. The molecule has 27 heavy (non-hydrogen) atoms. The monoisotopic (exact) mass is 362 g/mol. The van der Waals surface area contributed by atoms with Gasteiger partial charge in [0, 0.05) is 25.2 Å². The van der Waals surface area contributed by atoms with Crippen LogP contribution in [0.2, 0.25) is 0 Å². The van der Waals surface area contributed by atoms with E-state index in [1.165, 1.54) is 11.1 Å². The maximum Gasteiger partial charge on any atom is 0.266 e. The molecule has 2 aromatic carbocycles. The van der Waals surface area contributed by atoms with E-state index in [0.717, 1.165) is 11.1 Å². The van der Waals surface area contributed by atoms with E-state index in [2.05, 4.69) is 42.2 Å². The molecule has 0 atom stereocenters. The van der Waals surface area contributed by atoms with Gasteiger partial charge in [0.25, 0.3) is 11.8 Å². The number of piperazine rings is 1. The fourth-order valence-electron chi connectivity index (χ4n) is 3.21. The zero-order valence-electron chi connectivity index (χ0n) is 15.6. The Morgan fingerprint density at radius 1 is 1.04 bits per heavy atom. The van der Waals surface area contributed by atoms with E-state index in [-0.39, 0.29) is 12.5 Å². The summed E-state index contributed by atoms with van der Waals surface area (Å²) in [5.41, 5.74) is 4.54. The minimum Gasteiger partial charge on any atom is -0.335 e. The van der Waals surface area contributed by atoms with Crippen LogP contribution in [-0.2, 0) is 11.3 Å². The number of amides is 1. The van der Waals surface area contributed by atoms with Crippen LogP contribution in [0.25, 0.3) is 11.5 Å². The van der Waals surface area contributed by atoms with Gasteiger partial charge in [-0.2, -0.15) is 4.98 Å². The number of benzene rings is 2. The highest BCUT2D eigenvalue weighted by Crippen LogP contribution is 2.21. The number of carbonyl (C=O) groups excluding carboxylic acids is 1. The number of hydrogen-bond acceptors (Lipinski definition) is 5. The summed E-state index contributed by atoms with van der Waals surface area (Å²) in [5.74, 6) is 1.01. The van der Waals surface area contributed by atoms with Gasteiger partial charge in [-0.25, -0.2) is 0 Å². The largest absolute Gasteiger partial charge is 0.335 e. The molecule has 1 saturated heterocycles. The average Bonchev–Trinajstić information content (AvgIpc) is 3.17. The lowest BCUT2D eigenvalue weighted by Gasteiger charge is -2.33. The van der Waals surface area contributed by atoms with Crippen LogP contribution in [-0.4, -0.2) is 40.6 Å². The molecule has 0 bridgehead atoms. The maximum atomic E-state index is 12.6. The molecule has 1 aromatic heterocycles. The second-order valence-electron chi connectivity index (χ2n) is 6.92. The molecule has 1 fully saturated rings. The number of nitrogens with zero attached hydrogens (tertiary/aromatic N) is 4. The Morgan fingerprint density at radius 2 is 1.85 bits per heavy atom. The van der Waals surface area contributed by atoms with Gasteiger partial charge in [-0.1, -0.05) is 36.4 Å². The molecule has 1 aliphatic heterocycles. The lowest BCUT2D eigenvalue weighted by Crippen LogP contribution is -2.50. The Morgan fingerprint density at radius 3 is 2.59 bits per heavy atom. The summed E-state index contributed by atoms with van der Waals surface area (Å²) in [4.78, 5) is 20.8. The van der Waals surface area contributed by atoms with Crippen LogP contribution in [0.4, 0.5) is 5.95 Å². The fourth-order valence-corrected chi connectivity index (χ4v) is 3.21. The minimum atomic E-state index is 0.0746. The first kappa shape index (κ1) is 17.3. The summed E-state index contributed by atoms with van der Waals surface area (Å²) in [7, 11) is 0. The molecule has 1 amide bonds. The molecule has 0 spiro atoms. The van der Waals surface area contributed by atoms with Crippen molar-refractivity contribution in [3.63, 3.8) is 0 Å². The number of aromatic nitrogens is 2. The number of aryl methyl sites for hydroxylation is 2. The highest BCUT2D eigenvalue weighted by atomic mass is 16.5. The van der Waals surface area contributed by atoms with Crippen LogP contribution >= 0.6 is 0 Å². The highest BCUT2D eigenvalue weighted by Gasteiger charge is 2.27. The predicted octanol–water partition coefficient (Wildman–Crippen LogP) is 3.20. The van der Waals surface area contributed by atoms with E-state index >= 15 is 0 Å². The standard InChI is InChI=1S/C21H22N4O2/c1-15-8-9-17(12-16(15)2)13-24-10-11-25(14-19(24)26)21-22-20(27-23-21)18-6-4-3-5-7-18/h3-9,12H,10-11,13-14H2,1-2H3. The van der Waals surface area contributed by atoms with E-state index < -0.39 is 0 Å². The summed E-state index contributed by atoms with van der Waals surface area (Å²) in [5, 5.41) is 4.05. The van der Waals surface area contributed by atoms with E-state index in [1.807, 2.05) is 40.1 Å². The number of hydrogen-bond donors (Lipinski definition) is 0. The van der Waals surface area contributed by atoms with Crippen LogP contribution in [0, 0.1) is 13.8 Å². The highest BCUT2D eigenvalue weighted by molar-refractivity contribution is 5.82. The van der Waals surface area contributed by atoms with Crippen LogP contribution in [0.5, 0.6) is 0 Å². The van der Waals surface area contributed by atoms with Gasteiger partial charge in [-0.05, 0) is 47.8 Å². The minimum absolute atomic E-state index is 0.0746. The number of anilines is 1. The molecular formula is C21H22N4O2. The van der Waals surface area contributed by atoms with Crippen LogP contribution in [0.3, 0.4) is 0 Å². The zero-order valence-corrected chi connectivity index (χ0v) is 15.6. The second kappa shape index (κ2) is 7.23. The summed E-state index contributed by atoms with van der Waals surface area (Å²) in [6, 6.07) is 16.0. The van der Waals surface area contributed by atoms with Crippen molar-refractivity contribution in [2.24, 2.45) is 0 Å². The molecule has 1 aliphatic rings. The molecule has 3 aromatic rings. The normalized spacial score (nSPS) is 14.7. The van der Waals surface area contributed by atoms with Crippen molar-refractivity contribution in [3.05, 3.63) is 65.2 Å². The molecule has 0 unspecified atom stereocenters. The van der Waals surface area contributed by atoms with Gasteiger partial charge >= 0.3 is 0 Å². The summed E-state index contributed by atoms with van der Waals surface area (Å²) in [6.07, 6.45) is 0. The Labute approximate surface area is 158 Å². The van der Waals surface area contributed by atoms with Crippen molar-refractivity contribution in [3.8, 4) is 11.5 Å². The molecule has 0 aliphatic carbocycles. The predicted molar refractivity (Wildman–Crippen MR) is 103 cm³/mol. The first-order valence-electron chi connectivity index (χ1n) is 9.08. The van der Waals surface area contributed by atoms with E-state index in [0.29, 0.717) is 31.5 Å². The smallest absolute Gasteiger partial charge is 0.266 e. The molecule has 6 heteroatoms. The Kier molecular flexibility index (Phi) is 4.62. The molecule has 138 valence electrons. The Bertz CT molecular complexity index is 952. The SMILES string of the molecule is Cc1ccc(CN2CCN(c3noc(-c4ccccc4)n3)CC2=O)cc1C. The fraction of sp³-hybridized carbons (Fsp3) is 0.286. The number of carbonyl (C=O) groups is 1. The van der Waals surface area contributed by atoms with E-state index in [9.17, 15) is 4.79 Å². The quantitative estimate of drug-likeness (QED) is 0.713. The molecule has 0 N–H and O–H groups in total. The van der Waals surface area contributed by atoms with Crippen molar-refractivity contribution in [1.29, 1.82) is 0 Å². The van der Waals surface area contributed by atoms with Gasteiger partial charge in [-0.15, -0.1) is 0 Å². The van der Waals surface area contributed by atoms with Crippen molar-refractivity contribution in [2.45, 2.75) is 20.4 Å². The zero-order chi connectivity index (χ0) is 18.8. The third-order valence-corrected chi connectivity index (χ3v) is 4.98. The topological polar surface area (TPSA) is 62.5 Å². The summed E-state index contributed by atoms with van der Waals surface area (Å²) >= 11 is 0. The number of rotatable bonds is 4. The summed E-state index contributed by atoms with van der Waals surface area (Å²) < 4.78 is 5.36. The van der Waals surface area contributed by atoms with Crippen molar-refractivity contribution >= 4 is 11.9 Å². The molecule has 0 saturated carbocycles. The van der Waals surface area contributed by atoms with E-state index in [1.54, 1.807) is 0 Å². The average molecular weight is 362 g/mol. The van der Waals surface area contributed by atoms with Gasteiger partial charge in [0.15, 0.2) is 0 Å². The van der Waals surface area contributed by atoms with Crippen molar-refractivity contribution < 1.29 is 9.32 Å². The van der Waals surface area contributed by atoms with Gasteiger partial charge in [0.05, 0.1) is 0 Å². The van der Waals surface area contributed by atoms with Crippen LogP contribution in [0.1, 0.15) is 16.7 Å². The van der Waals surface area contributed by atoms with Gasteiger partial charge in [0.2, 0.25) is 5.91 Å². The third-order valence-electron chi connectivity index (χ3n) is 4.98. The lowest BCUT2D eigenvalue weighted by molar-refractivity contribution is -0.131. The van der Waals surface area contributed by atoms with E-state index in [4.69, 9.17) is 4.52 Å².